The molecule has 1 saturated carbocycles. The third-order valence-corrected chi connectivity index (χ3v) is 3.07. The highest BCUT2D eigenvalue weighted by atomic mass is 16.5. The maximum Gasteiger partial charge on any atom is 0.328 e. The van der Waals surface area contributed by atoms with E-state index in [0.29, 0.717) is 18.8 Å². The summed E-state index contributed by atoms with van der Waals surface area (Å²) in [6, 6.07) is -0.628. The summed E-state index contributed by atoms with van der Waals surface area (Å²) in [4.78, 5) is 23.3. The van der Waals surface area contributed by atoms with Crippen LogP contribution in [0.3, 0.4) is 0 Å². The van der Waals surface area contributed by atoms with Crippen LogP contribution in [0.5, 0.6) is 0 Å². The average Bonchev–Trinajstić information content (AvgIpc) is 3.09. The fraction of sp³-hybridized carbons (Fsp3) is 0.846. The number of hydrogen-bond donors (Lipinski definition) is 2. The number of aliphatic hydroxyl groups is 1. The van der Waals surface area contributed by atoms with Crippen molar-refractivity contribution < 1.29 is 19.4 Å². The number of aliphatic hydroxyl groups excluding tert-OH is 1. The Kier molecular flexibility index (Phi) is 5.59. The molecule has 0 heterocycles. The van der Waals surface area contributed by atoms with Crippen molar-refractivity contribution in [2.24, 2.45) is 11.8 Å². The van der Waals surface area contributed by atoms with E-state index in [1.54, 1.807) is 0 Å². The first-order valence-electron chi connectivity index (χ1n) is 6.50. The van der Waals surface area contributed by atoms with Gasteiger partial charge in [0.25, 0.3) is 0 Å². The number of hydrogen-bond acceptors (Lipinski definition) is 4. The number of carbonyl (C=O) groups is 2. The number of esters is 1. The van der Waals surface area contributed by atoms with Gasteiger partial charge in [-0.3, -0.25) is 4.79 Å². The third kappa shape index (κ3) is 5.04. The summed E-state index contributed by atoms with van der Waals surface area (Å²) < 4.78 is 4.67. The van der Waals surface area contributed by atoms with Crippen LogP contribution >= 0.6 is 0 Å². The summed E-state index contributed by atoms with van der Waals surface area (Å²) in [5.41, 5.74) is 0. The summed E-state index contributed by atoms with van der Waals surface area (Å²) in [5.74, 6) is -0.200. The van der Waals surface area contributed by atoms with Crippen molar-refractivity contribution in [2.45, 2.75) is 51.7 Å². The Hall–Kier alpha value is -1.10. The largest absolute Gasteiger partial charge is 0.467 e. The Labute approximate surface area is 108 Å². The van der Waals surface area contributed by atoms with Gasteiger partial charge in [0.15, 0.2) is 0 Å². The minimum absolute atomic E-state index is 0.228. The Balaban J connectivity index is 2.47. The zero-order chi connectivity index (χ0) is 13.7. The Morgan fingerprint density at radius 2 is 2.00 bits per heavy atom. The second-order valence-corrected chi connectivity index (χ2v) is 5.41. The minimum atomic E-state index is -1.06. The number of methoxy groups -OCH3 is 1. The first kappa shape index (κ1) is 15.0. The molecule has 0 aliphatic heterocycles. The summed E-state index contributed by atoms with van der Waals surface area (Å²) >= 11 is 0. The first-order chi connectivity index (χ1) is 8.43. The molecule has 5 heteroatoms. The van der Waals surface area contributed by atoms with Gasteiger partial charge in [-0.15, -0.1) is 0 Å². The third-order valence-electron chi connectivity index (χ3n) is 3.07. The Morgan fingerprint density at radius 1 is 1.39 bits per heavy atom. The molecule has 0 aromatic carbocycles. The quantitative estimate of drug-likeness (QED) is 0.663. The topological polar surface area (TPSA) is 75.6 Å². The molecule has 2 N–H and O–H groups in total. The predicted molar refractivity (Wildman–Crippen MR) is 66.7 cm³/mol. The van der Waals surface area contributed by atoms with Gasteiger partial charge in [0.1, 0.15) is 12.1 Å². The Morgan fingerprint density at radius 3 is 2.44 bits per heavy atom. The molecule has 1 aliphatic carbocycles. The number of rotatable bonds is 7. The van der Waals surface area contributed by atoms with E-state index in [1.807, 2.05) is 13.8 Å². The molecule has 2 atom stereocenters. The first-order valence-corrected chi connectivity index (χ1v) is 6.50. The molecule has 0 aromatic heterocycles. The van der Waals surface area contributed by atoms with Gasteiger partial charge in [0.05, 0.1) is 7.11 Å². The van der Waals surface area contributed by atoms with Crippen molar-refractivity contribution >= 4 is 11.9 Å². The second kappa shape index (κ2) is 6.73. The van der Waals surface area contributed by atoms with Crippen LogP contribution in [0, 0.1) is 11.8 Å². The van der Waals surface area contributed by atoms with E-state index in [2.05, 4.69) is 10.1 Å². The van der Waals surface area contributed by atoms with E-state index in [9.17, 15) is 14.7 Å². The second-order valence-electron chi connectivity index (χ2n) is 5.41. The number of amides is 1. The molecule has 1 rings (SSSR count). The van der Waals surface area contributed by atoms with Gasteiger partial charge >= 0.3 is 5.97 Å². The number of carbonyl (C=O) groups excluding carboxylic acids is 2. The van der Waals surface area contributed by atoms with Crippen LogP contribution in [0.1, 0.15) is 39.5 Å². The standard InChI is InChI=1S/C13H23NO4/c1-8(2)6-11(15)12(16)14-10(13(17)18-3)7-9-4-5-9/h8-11,15H,4-7H2,1-3H3,(H,14,16)/t10-,11+/m0/s1. The van der Waals surface area contributed by atoms with Gasteiger partial charge in [0, 0.05) is 0 Å². The highest BCUT2D eigenvalue weighted by Gasteiger charge is 2.32. The van der Waals surface area contributed by atoms with Crippen LogP contribution in [0.15, 0.2) is 0 Å². The van der Waals surface area contributed by atoms with E-state index in [-0.39, 0.29) is 5.92 Å². The lowest BCUT2D eigenvalue weighted by Crippen LogP contribution is -2.46. The molecule has 0 unspecified atom stereocenters. The van der Waals surface area contributed by atoms with Crippen LogP contribution < -0.4 is 5.32 Å². The molecule has 1 amide bonds. The summed E-state index contributed by atoms with van der Waals surface area (Å²) in [5, 5.41) is 12.3. The van der Waals surface area contributed by atoms with Gasteiger partial charge in [-0.2, -0.15) is 0 Å². The highest BCUT2D eigenvalue weighted by Crippen LogP contribution is 2.33. The molecule has 5 nitrogen and oxygen atoms in total. The lowest BCUT2D eigenvalue weighted by Gasteiger charge is -2.19. The maximum atomic E-state index is 11.7. The molecule has 0 saturated heterocycles. The smallest absolute Gasteiger partial charge is 0.328 e. The Bertz CT molecular complexity index is 299. The summed E-state index contributed by atoms with van der Waals surface area (Å²) in [7, 11) is 1.30. The monoisotopic (exact) mass is 257 g/mol. The summed E-state index contributed by atoms with van der Waals surface area (Å²) in [6.45, 7) is 3.86. The normalized spacial score (nSPS) is 18.3. The molecule has 0 bridgehead atoms. The van der Waals surface area contributed by atoms with Gasteiger partial charge in [-0.25, -0.2) is 4.79 Å². The van der Waals surface area contributed by atoms with Crippen LogP contribution in [0.2, 0.25) is 0 Å². The number of nitrogens with one attached hydrogen (secondary N) is 1. The van der Waals surface area contributed by atoms with Crippen molar-refractivity contribution in [3.63, 3.8) is 0 Å². The molecule has 1 aliphatic rings. The molecule has 0 aromatic rings. The van der Waals surface area contributed by atoms with Gasteiger partial charge in [-0.05, 0) is 24.7 Å². The molecule has 1 fully saturated rings. The van der Waals surface area contributed by atoms with E-state index < -0.39 is 24.0 Å². The van der Waals surface area contributed by atoms with Crippen molar-refractivity contribution in [1.29, 1.82) is 0 Å². The van der Waals surface area contributed by atoms with Crippen molar-refractivity contribution in [3.8, 4) is 0 Å². The van der Waals surface area contributed by atoms with Crippen molar-refractivity contribution in [3.05, 3.63) is 0 Å². The molecule has 104 valence electrons. The van der Waals surface area contributed by atoms with E-state index in [1.165, 1.54) is 7.11 Å². The molecular weight excluding hydrogens is 234 g/mol. The fourth-order valence-electron chi connectivity index (χ4n) is 1.86. The van der Waals surface area contributed by atoms with Crippen LogP contribution in [0.4, 0.5) is 0 Å². The lowest BCUT2D eigenvalue weighted by atomic mass is 10.0. The van der Waals surface area contributed by atoms with Crippen LogP contribution in [-0.4, -0.2) is 36.2 Å². The van der Waals surface area contributed by atoms with E-state index in [0.717, 1.165) is 12.8 Å². The van der Waals surface area contributed by atoms with Crippen LogP contribution in [0.25, 0.3) is 0 Å². The fourth-order valence-corrected chi connectivity index (χ4v) is 1.86. The average molecular weight is 257 g/mol. The molecular formula is C13H23NO4. The number of ether oxygens (including phenoxy) is 1. The van der Waals surface area contributed by atoms with Gasteiger partial charge < -0.3 is 15.2 Å². The summed E-state index contributed by atoms with van der Waals surface area (Å²) in [6.07, 6.45) is 2.13. The highest BCUT2D eigenvalue weighted by molar-refractivity contribution is 5.86. The minimum Gasteiger partial charge on any atom is -0.467 e. The van der Waals surface area contributed by atoms with Gasteiger partial charge in [-0.1, -0.05) is 26.7 Å². The molecule has 18 heavy (non-hydrogen) atoms. The molecule has 0 radical (unpaired) electrons. The van der Waals surface area contributed by atoms with Gasteiger partial charge in [0.2, 0.25) is 5.91 Å². The van der Waals surface area contributed by atoms with Crippen molar-refractivity contribution in [2.75, 3.05) is 7.11 Å². The van der Waals surface area contributed by atoms with E-state index in [4.69, 9.17) is 0 Å². The predicted octanol–water partition coefficient (Wildman–Crippen LogP) is 0.851. The van der Waals surface area contributed by atoms with E-state index >= 15 is 0 Å². The SMILES string of the molecule is COC(=O)[C@H](CC1CC1)NC(=O)[C@H](O)CC(C)C. The maximum absolute atomic E-state index is 11.7. The molecule has 0 spiro atoms. The van der Waals surface area contributed by atoms with Crippen molar-refractivity contribution in [1.82, 2.24) is 5.32 Å². The zero-order valence-corrected chi connectivity index (χ0v) is 11.3. The zero-order valence-electron chi connectivity index (χ0n) is 11.3. The lowest BCUT2D eigenvalue weighted by molar-refractivity contribution is -0.146. The van der Waals surface area contributed by atoms with Crippen LogP contribution in [-0.2, 0) is 14.3 Å².